The molecule has 0 saturated heterocycles. The Bertz CT molecular complexity index is 442. The van der Waals surface area contributed by atoms with Crippen LogP contribution in [0.1, 0.15) is 38.7 Å². The molecule has 1 aliphatic rings. The Morgan fingerprint density at radius 3 is 2.50 bits per heavy atom. The standard InChI is InChI=1S/C16H23NO3/c1-12(2)17-16(15(18)19,11-20-14-9-6-10-14)13-7-4-3-5-8-13/h3-5,7-8,12,14,17H,6,9-11H2,1-2H3,(H,18,19). The maximum atomic E-state index is 11.9. The average Bonchev–Trinajstić information content (AvgIpc) is 2.35. The molecule has 20 heavy (non-hydrogen) atoms. The van der Waals surface area contributed by atoms with E-state index in [2.05, 4.69) is 5.32 Å². The largest absolute Gasteiger partial charge is 0.480 e. The monoisotopic (exact) mass is 277 g/mol. The molecule has 1 fully saturated rings. The first-order valence-corrected chi connectivity index (χ1v) is 7.23. The predicted molar refractivity (Wildman–Crippen MR) is 77.6 cm³/mol. The summed E-state index contributed by atoms with van der Waals surface area (Å²) in [7, 11) is 0. The van der Waals surface area contributed by atoms with Crippen LogP contribution in [-0.4, -0.2) is 29.8 Å². The highest BCUT2D eigenvalue weighted by Crippen LogP contribution is 2.28. The first kappa shape index (κ1) is 15.0. The van der Waals surface area contributed by atoms with Gasteiger partial charge in [-0.15, -0.1) is 0 Å². The normalized spacial score (nSPS) is 18.6. The molecule has 1 aliphatic carbocycles. The number of carboxylic acid groups (broad SMARTS) is 1. The lowest BCUT2D eigenvalue weighted by Gasteiger charge is -2.36. The zero-order valence-corrected chi connectivity index (χ0v) is 12.1. The third-order valence-electron chi connectivity index (χ3n) is 3.75. The zero-order chi connectivity index (χ0) is 14.6. The van der Waals surface area contributed by atoms with Crippen LogP contribution in [0.3, 0.4) is 0 Å². The molecular formula is C16H23NO3. The molecule has 4 heteroatoms. The Kier molecular flexibility index (Phi) is 4.78. The van der Waals surface area contributed by atoms with E-state index >= 15 is 0 Å². The molecule has 0 aliphatic heterocycles. The number of hydrogen-bond donors (Lipinski definition) is 2. The molecule has 1 unspecified atom stereocenters. The molecule has 0 spiro atoms. The van der Waals surface area contributed by atoms with Gasteiger partial charge in [0, 0.05) is 6.04 Å². The molecule has 0 heterocycles. The van der Waals surface area contributed by atoms with Gasteiger partial charge in [-0.05, 0) is 38.7 Å². The Labute approximate surface area is 120 Å². The highest BCUT2D eigenvalue weighted by atomic mass is 16.5. The molecular weight excluding hydrogens is 254 g/mol. The van der Waals surface area contributed by atoms with Crippen molar-refractivity contribution in [2.75, 3.05) is 6.61 Å². The fourth-order valence-electron chi connectivity index (χ4n) is 2.45. The summed E-state index contributed by atoms with van der Waals surface area (Å²) >= 11 is 0. The summed E-state index contributed by atoms with van der Waals surface area (Å²) in [6.45, 7) is 4.06. The highest BCUT2D eigenvalue weighted by Gasteiger charge is 2.42. The second-order valence-electron chi connectivity index (χ2n) is 5.74. The molecule has 0 aromatic heterocycles. The van der Waals surface area contributed by atoms with Crippen molar-refractivity contribution in [3.05, 3.63) is 35.9 Å². The van der Waals surface area contributed by atoms with Crippen LogP contribution in [0.15, 0.2) is 30.3 Å². The minimum atomic E-state index is -1.18. The van der Waals surface area contributed by atoms with Gasteiger partial charge in [-0.25, -0.2) is 4.79 Å². The molecule has 0 amide bonds. The summed E-state index contributed by atoms with van der Waals surface area (Å²) in [4.78, 5) is 11.9. The Morgan fingerprint density at radius 2 is 2.05 bits per heavy atom. The number of aliphatic carboxylic acids is 1. The predicted octanol–water partition coefficient (Wildman–Crippen LogP) is 2.53. The molecule has 4 nitrogen and oxygen atoms in total. The van der Waals surface area contributed by atoms with E-state index in [9.17, 15) is 9.90 Å². The van der Waals surface area contributed by atoms with Gasteiger partial charge in [0.05, 0.1) is 12.7 Å². The first-order chi connectivity index (χ1) is 9.54. The van der Waals surface area contributed by atoms with Crippen molar-refractivity contribution in [2.24, 2.45) is 0 Å². The van der Waals surface area contributed by atoms with Crippen molar-refractivity contribution in [3.8, 4) is 0 Å². The third kappa shape index (κ3) is 3.19. The van der Waals surface area contributed by atoms with Gasteiger partial charge in [-0.2, -0.15) is 0 Å². The molecule has 110 valence electrons. The lowest BCUT2D eigenvalue weighted by atomic mass is 9.89. The van der Waals surface area contributed by atoms with Gasteiger partial charge in [-0.1, -0.05) is 30.3 Å². The van der Waals surface area contributed by atoms with E-state index in [1.165, 1.54) is 6.42 Å². The highest BCUT2D eigenvalue weighted by molar-refractivity contribution is 5.81. The molecule has 1 aromatic carbocycles. The van der Waals surface area contributed by atoms with Crippen molar-refractivity contribution >= 4 is 5.97 Å². The van der Waals surface area contributed by atoms with Crippen LogP contribution >= 0.6 is 0 Å². The van der Waals surface area contributed by atoms with Crippen LogP contribution in [0.2, 0.25) is 0 Å². The molecule has 1 saturated carbocycles. The average molecular weight is 277 g/mol. The minimum absolute atomic E-state index is 0.0521. The van der Waals surface area contributed by atoms with Crippen molar-refractivity contribution in [1.82, 2.24) is 5.32 Å². The maximum absolute atomic E-state index is 11.9. The summed E-state index contributed by atoms with van der Waals surface area (Å²) in [5.74, 6) is -0.892. The maximum Gasteiger partial charge on any atom is 0.331 e. The van der Waals surface area contributed by atoms with Gasteiger partial charge in [0.25, 0.3) is 0 Å². The van der Waals surface area contributed by atoms with Crippen LogP contribution in [0.5, 0.6) is 0 Å². The van der Waals surface area contributed by atoms with E-state index in [0.717, 1.165) is 18.4 Å². The summed E-state index contributed by atoms with van der Waals surface area (Å²) < 4.78 is 5.82. The van der Waals surface area contributed by atoms with Crippen molar-refractivity contribution in [2.45, 2.75) is 50.8 Å². The summed E-state index contributed by atoms with van der Waals surface area (Å²) in [5, 5.41) is 13.0. The van der Waals surface area contributed by atoms with Crippen LogP contribution in [0.25, 0.3) is 0 Å². The Balaban J connectivity index is 2.25. The van der Waals surface area contributed by atoms with Crippen LogP contribution < -0.4 is 5.32 Å². The van der Waals surface area contributed by atoms with Crippen molar-refractivity contribution in [3.63, 3.8) is 0 Å². The minimum Gasteiger partial charge on any atom is -0.480 e. The van der Waals surface area contributed by atoms with E-state index in [4.69, 9.17) is 4.74 Å². The molecule has 1 aromatic rings. The second-order valence-corrected chi connectivity index (χ2v) is 5.74. The van der Waals surface area contributed by atoms with E-state index in [1.807, 2.05) is 44.2 Å². The van der Waals surface area contributed by atoms with Gasteiger partial charge >= 0.3 is 5.97 Å². The number of ether oxygens (including phenoxy) is 1. The number of carbonyl (C=O) groups is 1. The Morgan fingerprint density at radius 1 is 1.40 bits per heavy atom. The van der Waals surface area contributed by atoms with Gasteiger partial charge in [-0.3, -0.25) is 5.32 Å². The lowest BCUT2D eigenvalue weighted by molar-refractivity contribution is -0.151. The number of rotatable bonds is 7. The number of nitrogens with one attached hydrogen (secondary N) is 1. The van der Waals surface area contributed by atoms with Gasteiger partial charge in [0.1, 0.15) is 0 Å². The number of benzene rings is 1. The van der Waals surface area contributed by atoms with Gasteiger partial charge in [0.15, 0.2) is 5.54 Å². The molecule has 1 atom stereocenters. The molecule has 2 rings (SSSR count). The lowest BCUT2D eigenvalue weighted by Crippen LogP contribution is -2.55. The number of carboxylic acids is 1. The van der Waals surface area contributed by atoms with Crippen LogP contribution in [0.4, 0.5) is 0 Å². The van der Waals surface area contributed by atoms with E-state index in [1.54, 1.807) is 0 Å². The van der Waals surface area contributed by atoms with Crippen LogP contribution in [0, 0.1) is 0 Å². The van der Waals surface area contributed by atoms with Crippen molar-refractivity contribution in [1.29, 1.82) is 0 Å². The topological polar surface area (TPSA) is 58.6 Å². The van der Waals surface area contributed by atoms with Gasteiger partial charge < -0.3 is 9.84 Å². The summed E-state index contributed by atoms with van der Waals surface area (Å²) in [6, 6.07) is 9.34. The second kappa shape index (κ2) is 6.37. The van der Waals surface area contributed by atoms with Crippen LogP contribution in [-0.2, 0) is 15.1 Å². The van der Waals surface area contributed by atoms with Gasteiger partial charge in [0.2, 0.25) is 0 Å². The summed E-state index contributed by atoms with van der Waals surface area (Å²) in [5.41, 5.74) is -0.439. The fourth-order valence-corrected chi connectivity index (χ4v) is 2.45. The Hall–Kier alpha value is -1.39. The van der Waals surface area contributed by atoms with Crippen molar-refractivity contribution < 1.29 is 14.6 Å². The van der Waals surface area contributed by atoms with E-state index < -0.39 is 11.5 Å². The quantitative estimate of drug-likeness (QED) is 0.804. The smallest absolute Gasteiger partial charge is 0.331 e. The summed E-state index contributed by atoms with van der Waals surface area (Å²) in [6.07, 6.45) is 3.46. The zero-order valence-electron chi connectivity index (χ0n) is 12.1. The first-order valence-electron chi connectivity index (χ1n) is 7.23. The number of hydrogen-bond acceptors (Lipinski definition) is 3. The SMILES string of the molecule is CC(C)NC(COC1CCC1)(C(=O)O)c1ccccc1. The molecule has 0 radical (unpaired) electrons. The third-order valence-corrected chi connectivity index (χ3v) is 3.75. The van der Waals surface area contributed by atoms with E-state index in [-0.39, 0.29) is 18.8 Å². The fraction of sp³-hybridized carbons (Fsp3) is 0.562. The molecule has 0 bridgehead atoms. The molecule has 2 N–H and O–H groups in total. The van der Waals surface area contributed by atoms with E-state index in [0.29, 0.717) is 0 Å².